The lowest BCUT2D eigenvalue weighted by Crippen LogP contribution is -2.25. The molecule has 1 unspecified atom stereocenters. The summed E-state index contributed by atoms with van der Waals surface area (Å²) in [5.74, 6) is -0.179. The van der Waals surface area contributed by atoms with Gasteiger partial charge >= 0.3 is 0 Å². The molecule has 0 aliphatic heterocycles. The van der Waals surface area contributed by atoms with Crippen molar-refractivity contribution in [3.05, 3.63) is 52.6 Å². The van der Waals surface area contributed by atoms with E-state index in [1.165, 1.54) is 6.07 Å². The first-order chi connectivity index (χ1) is 9.51. The molecule has 1 heterocycles. The fourth-order valence-corrected chi connectivity index (χ4v) is 2.56. The number of hydrogen-bond donors (Lipinski definition) is 1. The highest BCUT2D eigenvalue weighted by molar-refractivity contribution is 5.29. The Morgan fingerprint density at radius 3 is 2.65 bits per heavy atom. The first kappa shape index (κ1) is 14.7. The SMILES string of the molecule is CCNC(Cc1cc(F)ccc1C)c1cc(C)nn1C. The van der Waals surface area contributed by atoms with Crippen LogP contribution in [0.5, 0.6) is 0 Å². The molecule has 0 saturated heterocycles. The molecule has 0 amide bonds. The van der Waals surface area contributed by atoms with E-state index >= 15 is 0 Å². The minimum Gasteiger partial charge on any atom is -0.309 e. The largest absolute Gasteiger partial charge is 0.309 e. The molecule has 3 nitrogen and oxygen atoms in total. The molecule has 108 valence electrons. The lowest BCUT2D eigenvalue weighted by molar-refractivity contribution is 0.505. The molecule has 2 aromatic rings. The van der Waals surface area contributed by atoms with Crippen LogP contribution in [0.4, 0.5) is 4.39 Å². The van der Waals surface area contributed by atoms with E-state index in [1.807, 2.05) is 31.6 Å². The van der Waals surface area contributed by atoms with Gasteiger partial charge in [-0.1, -0.05) is 13.0 Å². The van der Waals surface area contributed by atoms with Crippen LogP contribution in [-0.2, 0) is 13.5 Å². The summed E-state index contributed by atoms with van der Waals surface area (Å²) >= 11 is 0. The zero-order chi connectivity index (χ0) is 14.7. The Balaban J connectivity index is 2.30. The number of benzene rings is 1. The van der Waals surface area contributed by atoms with Crippen molar-refractivity contribution >= 4 is 0 Å². The van der Waals surface area contributed by atoms with E-state index in [1.54, 1.807) is 6.07 Å². The van der Waals surface area contributed by atoms with Crippen LogP contribution < -0.4 is 5.32 Å². The summed E-state index contributed by atoms with van der Waals surface area (Å²) in [5, 5.41) is 7.86. The van der Waals surface area contributed by atoms with Crippen molar-refractivity contribution < 1.29 is 4.39 Å². The van der Waals surface area contributed by atoms with Gasteiger partial charge in [0, 0.05) is 7.05 Å². The van der Waals surface area contributed by atoms with Gasteiger partial charge in [-0.2, -0.15) is 5.10 Å². The third-order valence-electron chi connectivity index (χ3n) is 3.58. The highest BCUT2D eigenvalue weighted by Crippen LogP contribution is 2.21. The second kappa shape index (κ2) is 6.18. The molecule has 1 atom stereocenters. The van der Waals surface area contributed by atoms with Gasteiger partial charge in [0.25, 0.3) is 0 Å². The summed E-state index contributed by atoms with van der Waals surface area (Å²) in [7, 11) is 1.95. The van der Waals surface area contributed by atoms with Crippen LogP contribution in [0.3, 0.4) is 0 Å². The van der Waals surface area contributed by atoms with Gasteiger partial charge in [0.15, 0.2) is 0 Å². The summed E-state index contributed by atoms with van der Waals surface area (Å²) in [6.45, 7) is 6.95. The van der Waals surface area contributed by atoms with Crippen molar-refractivity contribution in [3.63, 3.8) is 0 Å². The Kier molecular flexibility index (Phi) is 4.55. The van der Waals surface area contributed by atoms with Gasteiger partial charge in [0.1, 0.15) is 5.82 Å². The van der Waals surface area contributed by atoms with Crippen LogP contribution >= 0.6 is 0 Å². The normalized spacial score (nSPS) is 12.7. The van der Waals surface area contributed by atoms with E-state index in [0.29, 0.717) is 0 Å². The zero-order valence-electron chi connectivity index (χ0n) is 12.6. The number of aromatic nitrogens is 2. The Hall–Kier alpha value is -1.68. The molecule has 0 radical (unpaired) electrons. The maximum absolute atomic E-state index is 13.4. The Labute approximate surface area is 119 Å². The molecule has 1 N–H and O–H groups in total. The molecule has 0 saturated carbocycles. The predicted molar refractivity (Wildman–Crippen MR) is 79.2 cm³/mol. The van der Waals surface area contributed by atoms with Crippen molar-refractivity contribution in [2.75, 3.05) is 6.54 Å². The van der Waals surface area contributed by atoms with Crippen LogP contribution in [-0.4, -0.2) is 16.3 Å². The van der Waals surface area contributed by atoms with Gasteiger partial charge in [-0.15, -0.1) is 0 Å². The summed E-state index contributed by atoms with van der Waals surface area (Å²) < 4.78 is 15.3. The van der Waals surface area contributed by atoms with Crippen LogP contribution in [0.2, 0.25) is 0 Å². The molecular formula is C16H22FN3. The fourth-order valence-electron chi connectivity index (χ4n) is 2.56. The van der Waals surface area contributed by atoms with Gasteiger partial charge in [-0.25, -0.2) is 4.39 Å². The van der Waals surface area contributed by atoms with Gasteiger partial charge in [-0.05, 0) is 56.1 Å². The standard InChI is InChI=1S/C16H22FN3/c1-5-18-15(16-8-12(3)19-20(16)4)10-13-9-14(17)7-6-11(13)2/h6-9,15,18H,5,10H2,1-4H3. The summed E-state index contributed by atoms with van der Waals surface area (Å²) in [6.07, 6.45) is 0.760. The topological polar surface area (TPSA) is 29.9 Å². The molecule has 0 bridgehead atoms. The second-order valence-corrected chi connectivity index (χ2v) is 5.22. The van der Waals surface area contributed by atoms with Crippen molar-refractivity contribution in [1.82, 2.24) is 15.1 Å². The fraction of sp³-hybridized carbons (Fsp3) is 0.438. The van der Waals surface area contributed by atoms with Crippen molar-refractivity contribution in [2.24, 2.45) is 7.05 Å². The number of aryl methyl sites for hydroxylation is 3. The average Bonchev–Trinajstić information content (AvgIpc) is 2.72. The number of nitrogens with zero attached hydrogens (tertiary/aromatic N) is 2. The predicted octanol–water partition coefficient (Wildman–Crippen LogP) is 3.07. The van der Waals surface area contributed by atoms with E-state index in [0.717, 1.165) is 35.5 Å². The number of hydrogen-bond acceptors (Lipinski definition) is 2. The highest BCUT2D eigenvalue weighted by atomic mass is 19.1. The van der Waals surface area contributed by atoms with E-state index in [2.05, 4.69) is 23.4 Å². The molecule has 0 aliphatic rings. The minimum atomic E-state index is -0.179. The molecule has 1 aromatic heterocycles. The first-order valence-electron chi connectivity index (χ1n) is 7.00. The minimum absolute atomic E-state index is 0.145. The van der Waals surface area contributed by atoms with Crippen molar-refractivity contribution in [1.29, 1.82) is 0 Å². The first-order valence-corrected chi connectivity index (χ1v) is 7.00. The smallest absolute Gasteiger partial charge is 0.123 e. The molecule has 0 fully saturated rings. The Morgan fingerprint density at radius 1 is 1.30 bits per heavy atom. The zero-order valence-corrected chi connectivity index (χ0v) is 12.6. The summed E-state index contributed by atoms with van der Waals surface area (Å²) in [6, 6.07) is 7.20. The maximum Gasteiger partial charge on any atom is 0.123 e. The van der Waals surface area contributed by atoms with Crippen molar-refractivity contribution in [2.45, 2.75) is 33.2 Å². The Bertz CT molecular complexity index is 589. The monoisotopic (exact) mass is 275 g/mol. The highest BCUT2D eigenvalue weighted by Gasteiger charge is 2.17. The molecule has 20 heavy (non-hydrogen) atoms. The lowest BCUT2D eigenvalue weighted by atomic mass is 9.98. The van der Waals surface area contributed by atoms with Crippen molar-refractivity contribution in [3.8, 4) is 0 Å². The van der Waals surface area contributed by atoms with Crippen LogP contribution in [0.15, 0.2) is 24.3 Å². The molecule has 1 aromatic carbocycles. The molecule has 0 spiro atoms. The average molecular weight is 275 g/mol. The van der Waals surface area contributed by atoms with Gasteiger partial charge in [0.05, 0.1) is 17.4 Å². The lowest BCUT2D eigenvalue weighted by Gasteiger charge is -2.19. The summed E-state index contributed by atoms with van der Waals surface area (Å²) in [5.41, 5.74) is 4.29. The van der Waals surface area contributed by atoms with E-state index < -0.39 is 0 Å². The third kappa shape index (κ3) is 3.25. The van der Waals surface area contributed by atoms with E-state index in [-0.39, 0.29) is 11.9 Å². The molecule has 2 rings (SSSR count). The van der Waals surface area contributed by atoms with E-state index in [9.17, 15) is 4.39 Å². The second-order valence-electron chi connectivity index (χ2n) is 5.22. The number of nitrogens with one attached hydrogen (secondary N) is 1. The van der Waals surface area contributed by atoms with E-state index in [4.69, 9.17) is 0 Å². The molecule has 0 aliphatic carbocycles. The summed E-state index contributed by atoms with van der Waals surface area (Å²) in [4.78, 5) is 0. The van der Waals surface area contributed by atoms with Gasteiger partial charge in [-0.3, -0.25) is 4.68 Å². The number of likely N-dealkylation sites (N-methyl/N-ethyl adjacent to an activating group) is 1. The van der Waals surface area contributed by atoms with Crippen LogP contribution in [0.25, 0.3) is 0 Å². The van der Waals surface area contributed by atoms with Gasteiger partial charge in [0.2, 0.25) is 0 Å². The molecule has 4 heteroatoms. The maximum atomic E-state index is 13.4. The quantitative estimate of drug-likeness (QED) is 0.909. The molecular weight excluding hydrogens is 253 g/mol. The van der Waals surface area contributed by atoms with Crippen LogP contribution in [0.1, 0.15) is 35.5 Å². The van der Waals surface area contributed by atoms with Crippen LogP contribution in [0, 0.1) is 19.7 Å². The number of rotatable bonds is 5. The van der Waals surface area contributed by atoms with Gasteiger partial charge < -0.3 is 5.32 Å². The Morgan fingerprint density at radius 2 is 2.05 bits per heavy atom. The third-order valence-corrected chi connectivity index (χ3v) is 3.58. The number of halogens is 1.